The fourth-order valence-electron chi connectivity index (χ4n) is 4.41. The van der Waals surface area contributed by atoms with Gasteiger partial charge in [-0.1, -0.05) is 71.8 Å². The average Bonchev–Trinajstić information content (AvgIpc) is 3.27. The Labute approximate surface area is 185 Å². The second kappa shape index (κ2) is 7.00. The van der Waals surface area contributed by atoms with Crippen LogP contribution in [-0.4, -0.2) is 14.8 Å². The summed E-state index contributed by atoms with van der Waals surface area (Å²) in [6.07, 6.45) is 1.31. The van der Waals surface area contributed by atoms with Crippen molar-refractivity contribution in [3.63, 3.8) is 0 Å². The largest absolute Gasteiger partial charge is 0.480 e. The standard InChI is InChI=1S/C25H19ClN4O/c1-15-7-9-16(10-8-15)23-21-22(29-25-27-14-28-30(23)25)19-13-18(26)11-12-20(19)31-24(21)17-5-3-2-4-6-17/h2-14,23-24H,1H3,(H,27,28,29)/t23-,24+/m0/s1. The van der Waals surface area contributed by atoms with Crippen molar-refractivity contribution in [1.29, 1.82) is 0 Å². The van der Waals surface area contributed by atoms with Gasteiger partial charge in [0.2, 0.25) is 5.95 Å². The van der Waals surface area contributed by atoms with E-state index in [0.717, 1.165) is 33.7 Å². The predicted molar refractivity (Wildman–Crippen MR) is 121 cm³/mol. The van der Waals surface area contributed by atoms with E-state index in [2.05, 4.69) is 58.7 Å². The fourth-order valence-corrected chi connectivity index (χ4v) is 4.59. The molecule has 5 nitrogen and oxygen atoms in total. The molecule has 31 heavy (non-hydrogen) atoms. The van der Waals surface area contributed by atoms with Crippen molar-refractivity contribution >= 4 is 23.2 Å². The van der Waals surface area contributed by atoms with Crippen molar-refractivity contribution in [1.82, 2.24) is 14.8 Å². The summed E-state index contributed by atoms with van der Waals surface area (Å²) in [6.45, 7) is 2.09. The van der Waals surface area contributed by atoms with Crippen molar-refractivity contribution in [2.45, 2.75) is 19.1 Å². The highest BCUT2D eigenvalue weighted by Crippen LogP contribution is 2.50. The normalized spacial score (nSPS) is 19.0. The minimum atomic E-state index is -0.277. The second-order valence-corrected chi connectivity index (χ2v) is 8.28. The Kier molecular flexibility index (Phi) is 4.11. The first kappa shape index (κ1) is 18.2. The summed E-state index contributed by atoms with van der Waals surface area (Å²) in [6, 6.07) is 24.4. The molecule has 0 saturated heterocycles. The topological polar surface area (TPSA) is 52.0 Å². The molecule has 3 aromatic carbocycles. The zero-order valence-electron chi connectivity index (χ0n) is 16.8. The van der Waals surface area contributed by atoms with Gasteiger partial charge in [0.05, 0.1) is 5.70 Å². The smallest absolute Gasteiger partial charge is 0.226 e. The number of nitrogens with one attached hydrogen (secondary N) is 1. The van der Waals surface area contributed by atoms with Crippen LogP contribution in [0.5, 0.6) is 5.75 Å². The number of anilines is 1. The molecule has 152 valence electrons. The van der Waals surface area contributed by atoms with Crippen molar-refractivity contribution in [3.8, 4) is 5.75 Å². The molecule has 6 rings (SSSR count). The van der Waals surface area contributed by atoms with E-state index in [9.17, 15) is 0 Å². The summed E-state index contributed by atoms with van der Waals surface area (Å²) < 4.78 is 8.52. The summed E-state index contributed by atoms with van der Waals surface area (Å²) in [5, 5.41) is 8.72. The van der Waals surface area contributed by atoms with Gasteiger partial charge in [-0.05, 0) is 36.2 Å². The van der Waals surface area contributed by atoms with Crippen LogP contribution in [0.15, 0.2) is 84.7 Å². The van der Waals surface area contributed by atoms with Gasteiger partial charge in [-0.15, -0.1) is 0 Å². The third-order valence-corrected chi connectivity index (χ3v) is 6.11. The number of aryl methyl sites for hydroxylation is 1. The molecule has 2 atom stereocenters. The van der Waals surface area contributed by atoms with Gasteiger partial charge in [-0.25, -0.2) is 4.68 Å². The molecule has 0 radical (unpaired) electrons. The summed E-state index contributed by atoms with van der Waals surface area (Å²) >= 11 is 6.37. The Morgan fingerprint density at radius 2 is 1.77 bits per heavy atom. The van der Waals surface area contributed by atoms with E-state index in [1.54, 1.807) is 6.33 Å². The fraction of sp³-hybridized carbons (Fsp3) is 0.120. The molecule has 0 aliphatic carbocycles. The zero-order chi connectivity index (χ0) is 20.9. The Morgan fingerprint density at radius 3 is 2.58 bits per heavy atom. The van der Waals surface area contributed by atoms with E-state index in [0.29, 0.717) is 11.0 Å². The third kappa shape index (κ3) is 2.93. The lowest BCUT2D eigenvalue weighted by atomic mass is 9.84. The molecule has 0 bridgehead atoms. The molecule has 2 aliphatic rings. The SMILES string of the molecule is Cc1ccc([C@H]2C3=C(Nc4ncnn42)c2cc(Cl)ccc2O[C@@H]3c2ccccc2)cc1. The molecular weight excluding hydrogens is 408 g/mol. The maximum atomic E-state index is 6.59. The van der Waals surface area contributed by atoms with Gasteiger partial charge in [0.15, 0.2) is 0 Å². The van der Waals surface area contributed by atoms with Crippen molar-refractivity contribution < 1.29 is 4.74 Å². The second-order valence-electron chi connectivity index (χ2n) is 7.85. The number of hydrogen-bond acceptors (Lipinski definition) is 4. The number of hydrogen-bond donors (Lipinski definition) is 1. The van der Waals surface area contributed by atoms with Gasteiger partial charge >= 0.3 is 0 Å². The van der Waals surface area contributed by atoms with E-state index in [1.165, 1.54) is 5.56 Å². The van der Waals surface area contributed by atoms with E-state index in [-0.39, 0.29) is 12.1 Å². The van der Waals surface area contributed by atoms with E-state index >= 15 is 0 Å². The number of fused-ring (bicyclic) bond motifs is 3. The van der Waals surface area contributed by atoms with Crippen LogP contribution in [0.2, 0.25) is 5.02 Å². The van der Waals surface area contributed by atoms with Gasteiger partial charge in [-0.2, -0.15) is 10.1 Å². The molecular formula is C25H19ClN4O. The van der Waals surface area contributed by atoms with E-state index < -0.39 is 0 Å². The summed E-state index contributed by atoms with van der Waals surface area (Å²) in [5.74, 6) is 1.49. The lowest BCUT2D eigenvalue weighted by Crippen LogP contribution is -2.32. The van der Waals surface area contributed by atoms with Crippen LogP contribution in [0.25, 0.3) is 5.70 Å². The number of benzene rings is 3. The zero-order valence-corrected chi connectivity index (χ0v) is 17.5. The molecule has 0 saturated carbocycles. The molecule has 3 heterocycles. The van der Waals surface area contributed by atoms with Crippen LogP contribution in [0.4, 0.5) is 5.95 Å². The molecule has 1 aromatic heterocycles. The van der Waals surface area contributed by atoms with Crippen LogP contribution in [-0.2, 0) is 0 Å². The molecule has 0 amide bonds. The lowest BCUT2D eigenvalue weighted by molar-refractivity contribution is 0.223. The van der Waals surface area contributed by atoms with Gasteiger partial charge < -0.3 is 10.1 Å². The van der Waals surface area contributed by atoms with Crippen LogP contribution < -0.4 is 10.1 Å². The van der Waals surface area contributed by atoms with Crippen LogP contribution in [0.3, 0.4) is 0 Å². The number of aromatic nitrogens is 3. The van der Waals surface area contributed by atoms with Crippen molar-refractivity contribution in [2.24, 2.45) is 0 Å². The highest BCUT2D eigenvalue weighted by atomic mass is 35.5. The summed E-state index contributed by atoms with van der Waals surface area (Å²) in [7, 11) is 0. The Bertz CT molecular complexity index is 1310. The molecule has 0 spiro atoms. The van der Waals surface area contributed by atoms with Gasteiger partial charge in [0, 0.05) is 16.2 Å². The quantitative estimate of drug-likeness (QED) is 0.440. The number of nitrogens with zero attached hydrogens (tertiary/aromatic N) is 3. The van der Waals surface area contributed by atoms with Crippen molar-refractivity contribution in [3.05, 3.63) is 112 Å². The molecule has 2 aliphatic heterocycles. The summed E-state index contributed by atoms with van der Waals surface area (Å²) in [5.41, 5.74) is 6.41. The van der Waals surface area contributed by atoms with Gasteiger partial charge in [-0.3, -0.25) is 0 Å². The Hall–Kier alpha value is -3.57. The first-order valence-electron chi connectivity index (χ1n) is 10.2. The predicted octanol–water partition coefficient (Wildman–Crippen LogP) is 5.80. The third-order valence-electron chi connectivity index (χ3n) is 5.87. The molecule has 0 unspecified atom stereocenters. The number of rotatable bonds is 2. The van der Waals surface area contributed by atoms with Gasteiger partial charge in [0.25, 0.3) is 0 Å². The average molecular weight is 427 g/mol. The molecule has 0 fully saturated rings. The van der Waals surface area contributed by atoms with Crippen LogP contribution >= 0.6 is 11.6 Å². The highest BCUT2D eigenvalue weighted by Gasteiger charge is 2.40. The van der Waals surface area contributed by atoms with E-state index in [4.69, 9.17) is 16.3 Å². The molecule has 4 aromatic rings. The van der Waals surface area contributed by atoms with Crippen LogP contribution in [0.1, 0.15) is 34.4 Å². The molecule has 6 heteroatoms. The Morgan fingerprint density at radius 1 is 0.968 bits per heavy atom. The monoisotopic (exact) mass is 426 g/mol. The number of halogens is 1. The first-order valence-corrected chi connectivity index (χ1v) is 10.6. The van der Waals surface area contributed by atoms with E-state index in [1.807, 2.05) is 41.1 Å². The maximum absolute atomic E-state index is 6.59. The first-order chi connectivity index (χ1) is 15.2. The van der Waals surface area contributed by atoms with Crippen molar-refractivity contribution in [2.75, 3.05) is 5.32 Å². The minimum absolute atomic E-state index is 0.160. The summed E-state index contributed by atoms with van der Waals surface area (Å²) in [4.78, 5) is 4.47. The lowest BCUT2D eigenvalue weighted by Gasteiger charge is -2.39. The highest BCUT2D eigenvalue weighted by molar-refractivity contribution is 6.30. The Balaban J connectivity index is 1.64. The molecule has 1 N–H and O–H groups in total. The van der Waals surface area contributed by atoms with Crippen LogP contribution in [0, 0.1) is 6.92 Å². The minimum Gasteiger partial charge on any atom is -0.480 e. The van der Waals surface area contributed by atoms with Gasteiger partial charge in [0.1, 0.15) is 24.2 Å². The maximum Gasteiger partial charge on any atom is 0.226 e. The number of ether oxygens (including phenoxy) is 1.